The lowest BCUT2D eigenvalue weighted by Gasteiger charge is -2.12. The molecule has 0 aliphatic heterocycles. The first-order valence-electron chi connectivity index (χ1n) is 2.64. The number of rotatable bonds is 1. The Balaban J connectivity index is 3.04. The van der Waals surface area contributed by atoms with Gasteiger partial charge in [0.15, 0.2) is 0 Å². The first-order valence-corrected chi connectivity index (χ1v) is 5.20. The van der Waals surface area contributed by atoms with Crippen LogP contribution >= 0.6 is 0 Å². The Morgan fingerprint density at radius 1 is 1.56 bits per heavy atom. The Kier molecular flexibility index (Phi) is 1.40. The average Bonchev–Trinajstić information content (AvgIpc) is 2.08. The molecule has 0 atom stereocenters. The predicted molar refractivity (Wildman–Crippen MR) is 39.0 cm³/mol. The summed E-state index contributed by atoms with van der Waals surface area (Å²) in [5.41, 5.74) is 0. The summed E-state index contributed by atoms with van der Waals surface area (Å²) < 4.78 is 12.8. The number of imidazole rings is 1. The molecule has 9 heavy (non-hydrogen) atoms. The van der Waals surface area contributed by atoms with Crippen molar-refractivity contribution < 1.29 is 4.21 Å². The highest BCUT2D eigenvalue weighted by Crippen LogP contribution is 1.97. The maximum Gasteiger partial charge on any atom is 0.105 e. The summed E-state index contributed by atoms with van der Waals surface area (Å²) in [5.74, 6) is 0. The Hall–Kier alpha value is -0.640. The number of hydrogen-bond donors (Lipinski definition) is 1. The molecule has 0 aliphatic carbocycles. The summed E-state index contributed by atoms with van der Waals surface area (Å²) in [4.78, 5) is 3.78. The molecule has 0 N–H and O–H groups in total. The molecular formula is C5H10N2OS. The van der Waals surface area contributed by atoms with Gasteiger partial charge < -0.3 is 0 Å². The first-order chi connectivity index (χ1) is 4.11. The number of hydrogen-bond acceptors (Lipinski definition) is 2. The van der Waals surface area contributed by atoms with Crippen molar-refractivity contribution in [2.75, 3.05) is 12.5 Å². The van der Waals surface area contributed by atoms with Crippen molar-refractivity contribution >= 4 is 10.1 Å². The van der Waals surface area contributed by atoms with Crippen LogP contribution in [0.3, 0.4) is 0 Å². The molecule has 0 saturated heterocycles. The fourth-order valence-corrected chi connectivity index (χ4v) is 1.23. The summed E-state index contributed by atoms with van der Waals surface area (Å²) in [6.07, 6.45) is 8.31. The lowest BCUT2D eigenvalue weighted by Crippen LogP contribution is -2.15. The fraction of sp³-hybridized carbons (Fsp3) is 0.400. The first kappa shape index (κ1) is 6.48. The molecule has 0 spiro atoms. The molecule has 0 radical (unpaired) electrons. The second kappa shape index (κ2) is 1.95. The lowest BCUT2D eigenvalue weighted by molar-refractivity contribution is 0.672. The molecule has 0 fully saturated rings. The molecule has 0 aromatic carbocycles. The van der Waals surface area contributed by atoms with E-state index in [1.807, 2.05) is 0 Å². The van der Waals surface area contributed by atoms with E-state index >= 15 is 0 Å². The van der Waals surface area contributed by atoms with E-state index in [1.54, 1.807) is 35.2 Å². The average molecular weight is 146 g/mol. The summed E-state index contributed by atoms with van der Waals surface area (Å²) >= 11 is 0. The molecule has 0 aliphatic rings. The van der Waals surface area contributed by atoms with Crippen molar-refractivity contribution in [1.82, 2.24) is 8.96 Å². The minimum absolute atomic E-state index is 1.57. The van der Waals surface area contributed by atoms with E-state index in [0.717, 1.165) is 0 Å². The van der Waals surface area contributed by atoms with Crippen LogP contribution in [0.15, 0.2) is 18.7 Å². The summed E-state index contributed by atoms with van der Waals surface area (Å²) in [5, 5.41) is 0. The Morgan fingerprint density at radius 3 is 2.44 bits per heavy atom. The molecule has 1 aromatic heterocycles. The van der Waals surface area contributed by atoms with Gasteiger partial charge in [0.05, 0.1) is 0 Å². The lowest BCUT2D eigenvalue weighted by atomic mass is 11.0. The zero-order valence-corrected chi connectivity index (χ0v) is 6.38. The zero-order chi connectivity index (χ0) is 6.91. The monoisotopic (exact) mass is 146 g/mol. The minimum atomic E-state index is -2.12. The van der Waals surface area contributed by atoms with Crippen LogP contribution in [0.2, 0.25) is 0 Å². The Morgan fingerprint density at radius 2 is 2.22 bits per heavy atom. The SMILES string of the molecule is C[SH](C)(=O)n1ccnc1. The van der Waals surface area contributed by atoms with Gasteiger partial charge in [-0.25, -0.2) is 4.98 Å². The van der Waals surface area contributed by atoms with E-state index < -0.39 is 10.1 Å². The Bertz CT molecular complexity index is 223. The third-order valence-corrected chi connectivity index (χ3v) is 2.40. The predicted octanol–water partition coefficient (Wildman–Crippen LogP) is -0.0775. The second-order valence-corrected chi connectivity index (χ2v) is 5.29. The van der Waals surface area contributed by atoms with Gasteiger partial charge >= 0.3 is 0 Å². The molecule has 0 amide bonds. The molecule has 4 heteroatoms. The van der Waals surface area contributed by atoms with Gasteiger partial charge in [-0.2, -0.15) is 0 Å². The van der Waals surface area contributed by atoms with Crippen LogP contribution in [0.25, 0.3) is 0 Å². The second-order valence-electron chi connectivity index (χ2n) is 2.24. The third-order valence-electron chi connectivity index (χ3n) is 1.05. The fourth-order valence-electron chi connectivity index (χ4n) is 0.537. The van der Waals surface area contributed by atoms with Crippen LogP contribution in [0, 0.1) is 0 Å². The molecule has 0 saturated carbocycles. The van der Waals surface area contributed by atoms with Crippen LogP contribution in [-0.4, -0.2) is 25.7 Å². The van der Waals surface area contributed by atoms with Gasteiger partial charge in [0.25, 0.3) is 0 Å². The summed E-state index contributed by atoms with van der Waals surface area (Å²) in [6, 6.07) is 0. The standard InChI is InChI=1S/C5H10N2OS/c1-9(2,8)7-4-3-6-5-7/h3-5,9H,1-2H3. The molecular weight excluding hydrogens is 136 g/mol. The van der Waals surface area contributed by atoms with Gasteiger partial charge in [0.2, 0.25) is 0 Å². The molecule has 0 unspecified atom stereocenters. The van der Waals surface area contributed by atoms with Crippen LogP contribution in [0.1, 0.15) is 0 Å². The van der Waals surface area contributed by atoms with E-state index in [9.17, 15) is 4.21 Å². The molecule has 1 heterocycles. The van der Waals surface area contributed by atoms with Crippen molar-refractivity contribution in [2.45, 2.75) is 0 Å². The highest BCUT2D eigenvalue weighted by atomic mass is 32.3. The molecule has 52 valence electrons. The van der Waals surface area contributed by atoms with Gasteiger partial charge in [-0.15, -0.1) is 0 Å². The van der Waals surface area contributed by atoms with Gasteiger partial charge in [-0.05, 0) is 10.1 Å². The van der Waals surface area contributed by atoms with Crippen LogP contribution in [0.5, 0.6) is 0 Å². The number of nitrogens with zero attached hydrogens (tertiary/aromatic N) is 2. The smallest absolute Gasteiger partial charge is 0.105 e. The van der Waals surface area contributed by atoms with Crippen molar-refractivity contribution in [3.8, 4) is 0 Å². The topological polar surface area (TPSA) is 34.9 Å². The Labute approximate surface area is 55.3 Å². The van der Waals surface area contributed by atoms with E-state index in [2.05, 4.69) is 4.98 Å². The number of aromatic nitrogens is 2. The van der Waals surface area contributed by atoms with Crippen molar-refractivity contribution in [3.05, 3.63) is 18.7 Å². The molecule has 3 nitrogen and oxygen atoms in total. The van der Waals surface area contributed by atoms with Gasteiger partial charge in [-0.1, -0.05) is 0 Å². The van der Waals surface area contributed by atoms with Gasteiger partial charge in [0.1, 0.15) is 6.33 Å². The van der Waals surface area contributed by atoms with E-state index in [4.69, 9.17) is 0 Å². The van der Waals surface area contributed by atoms with Gasteiger partial charge in [-0.3, -0.25) is 8.18 Å². The summed E-state index contributed by atoms with van der Waals surface area (Å²) in [7, 11) is -2.12. The minimum Gasteiger partial charge on any atom is -0.277 e. The van der Waals surface area contributed by atoms with E-state index in [-0.39, 0.29) is 0 Å². The maximum absolute atomic E-state index is 11.2. The van der Waals surface area contributed by atoms with Crippen molar-refractivity contribution in [1.29, 1.82) is 0 Å². The molecule has 0 bridgehead atoms. The highest BCUT2D eigenvalue weighted by Gasteiger charge is 1.98. The third kappa shape index (κ3) is 1.38. The number of thiol groups is 1. The van der Waals surface area contributed by atoms with Crippen LogP contribution in [-0.2, 0) is 10.1 Å². The highest BCUT2D eigenvalue weighted by molar-refractivity contribution is 8.00. The van der Waals surface area contributed by atoms with Crippen molar-refractivity contribution in [3.63, 3.8) is 0 Å². The van der Waals surface area contributed by atoms with E-state index in [0.29, 0.717) is 0 Å². The van der Waals surface area contributed by atoms with Crippen LogP contribution in [0.4, 0.5) is 0 Å². The normalized spacial score (nSPS) is 13.6. The largest absolute Gasteiger partial charge is 0.277 e. The summed E-state index contributed by atoms with van der Waals surface area (Å²) in [6.45, 7) is 0. The van der Waals surface area contributed by atoms with Gasteiger partial charge in [0, 0.05) is 24.9 Å². The molecule has 1 rings (SSSR count). The van der Waals surface area contributed by atoms with Crippen LogP contribution < -0.4 is 0 Å². The maximum atomic E-state index is 11.2. The van der Waals surface area contributed by atoms with Crippen molar-refractivity contribution in [2.24, 2.45) is 0 Å². The quantitative estimate of drug-likeness (QED) is 0.562. The zero-order valence-electron chi connectivity index (χ0n) is 5.48. The molecule has 1 aromatic rings. The van der Waals surface area contributed by atoms with E-state index in [1.165, 1.54) is 0 Å².